The topological polar surface area (TPSA) is 75.7 Å². The van der Waals surface area contributed by atoms with E-state index in [-0.39, 0.29) is 23.0 Å². The number of para-hydroxylation sites is 2. The first-order chi connectivity index (χ1) is 15.3. The number of rotatable bonds is 5. The molecule has 1 heterocycles. The van der Waals surface area contributed by atoms with Gasteiger partial charge in [-0.3, -0.25) is 9.10 Å². The second-order valence-corrected chi connectivity index (χ2v) is 9.64. The number of carbonyl (C=O) groups is 1. The Morgan fingerprint density at radius 3 is 2.44 bits per heavy atom. The van der Waals surface area contributed by atoms with Crippen LogP contribution in [0.4, 0.5) is 10.1 Å². The third-order valence-corrected chi connectivity index (χ3v) is 7.20. The fraction of sp³-hybridized carbons (Fsp3) is 0.174. The number of carbonyl (C=O) groups excluding carboxylic acids is 1. The Morgan fingerprint density at radius 1 is 1.09 bits per heavy atom. The maximum atomic E-state index is 13.4. The van der Waals surface area contributed by atoms with Gasteiger partial charge >= 0.3 is 0 Å². The number of hydrogen-bond acceptors (Lipinski definition) is 4. The molecule has 1 aliphatic heterocycles. The van der Waals surface area contributed by atoms with E-state index in [1.165, 1.54) is 40.7 Å². The van der Waals surface area contributed by atoms with Crippen LogP contribution in [0.1, 0.15) is 18.5 Å². The number of fused-ring (bicyclic) bond motifs is 1. The highest BCUT2D eigenvalue weighted by Crippen LogP contribution is 2.37. The molecule has 1 N–H and O–H groups in total. The molecular formula is C23H20ClFN2O4S. The zero-order valence-electron chi connectivity index (χ0n) is 17.0. The molecule has 4 rings (SSSR count). The van der Waals surface area contributed by atoms with Gasteiger partial charge in [-0.1, -0.05) is 35.9 Å². The van der Waals surface area contributed by atoms with Crippen molar-refractivity contribution in [2.75, 3.05) is 10.8 Å². The van der Waals surface area contributed by atoms with Crippen LogP contribution in [0.3, 0.4) is 0 Å². The predicted molar refractivity (Wildman–Crippen MR) is 120 cm³/mol. The van der Waals surface area contributed by atoms with E-state index in [1.54, 1.807) is 43.3 Å². The van der Waals surface area contributed by atoms with Crippen LogP contribution in [0.5, 0.6) is 5.75 Å². The van der Waals surface area contributed by atoms with Crippen molar-refractivity contribution in [1.29, 1.82) is 0 Å². The molecule has 0 bridgehead atoms. The summed E-state index contributed by atoms with van der Waals surface area (Å²) in [5, 5.41) is 3.23. The van der Waals surface area contributed by atoms with Crippen LogP contribution in [0.25, 0.3) is 0 Å². The molecule has 0 aliphatic carbocycles. The van der Waals surface area contributed by atoms with E-state index in [2.05, 4.69) is 5.32 Å². The van der Waals surface area contributed by atoms with Crippen molar-refractivity contribution in [1.82, 2.24) is 5.32 Å². The monoisotopic (exact) mass is 474 g/mol. The van der Waals surface area contributed by atoms with Crippen molar-refractivity contribution in [3.8, 4) is 5.75 Å². The molecule has 0 saturated carbocycles. The Hall–Kier alpha value is -3.10. The molecule has 0 radical (unpaired) electrons. The molecule has 3 aromatic rings. The van der Waals surface area contributed by atoms with Crippen LogP contribution in [0, 0.1) is 5.82 Å². The highest BCUT2D eigenvalue weighted by atomic mass is 35.5. The Morgan fingerprint density at radius 2 is 1.75 bits per heavy atom. The zero-order chi connectivity index (χ0) is 22.9. The average Bonchev–Trinajstić information content (AvgIpc) is 2.79. The molecule has 1 amide bonds. The van der Waals surface area contributed by atoms with Gasteiger partial charge in [-0.25, -0.2) is 12.8 Å². The van der Waals surface area contributed by atoms with Gasteiger partial charge in [-0.15, -0.1) is 0 Å². The van der Waals surface area contributed by atoms with Gasteiger partial charge in [0.2, 0.25) is 0 Å². The molecule has 3 aromatic carbocycles. The molecule has 0 spiro atoms. The summed E-state index contributed by atoms with van der Waals surface area (Å²) in [5.74, 6) is -0.568. The number of nitrogens with zero attached hydrogens (tertiary/aromatic N) is 1. The number of sulfonamides is 1. The lowest BCUT2D eigenvalue weighted by Crippen LogP contribution is -2.51. The predicted octanol–water partition coefficient (Wildman–Crippen LogP) is 4.31. The summed E-state index contributed by atoms with van der Waals surface area (Å²) >= 11 is 5.90. The Labute approximate surface area is 190 Å². The molecule has 0 aromatic heterocycles. The Kier molecular flexibility index (Phi) is 6.08. The van der Waals surface area contributed by atoms with Gasteiger partial charge in [0.05, 0.1) is 23.2 Å². The zero-order valence-corrected chi connectivity index (χ0v) is 18.6. The first-order valence-electron chi connectivity index (χ1n) is 9.85. The van der Waals surface area contributed by atoms with Crippen LogP contribution >= 0.6 is 11.6 Å². The largest absolute Gasteiger partial charge is 0.476 e. The second-order valence-electron chi connectivity index (χ2n) is 7.35. The molecule has 6 nitrogen and oxygen atoms in total. The summed E-state index contributed by atoms with van der Waals surface area (Å²) in [7, 11) is -3.97. The minimum absolute atomic E-state index is 0.0532. The summed E-state index contributed by atoms with van der Waals surface area (Å²) in [4.78, 5) is 13.0. The molecule has 166 valence electrons. The van der Waals surface area contributed by atoms with Gasteiger partial charge in [0.15, 0.2) is 6.10 Å². The molecule has 0 saturated heterocycles. The molecule has 9 heteroatoms. The van der Waals surface area contributed by atoms with Gasteiger partial charge in [-0.05, 0) is 61.0 Å². The summed E-state index contributed by atoms with van der Waals surface area (Å²) in [6.45, 7) is 1.55. The SMILES string of the molecule is CC(NC(=O)C1CN(S(=O)(=O)c2ccc(Cl)cc2)c2ccccc2O1)c1ccc(F)cc1. The standard InChI is InChI=1S/C23H20ClFN2O4S/c1-15(16-6-10-18(25)11-7-16)26-23(28)22-14-27(20-4-2-3-5-21(20)31-22)32(29,30)19-12-8-17(24)9-13-19/h2-13,15,22H,14H2,1H3,(H,26,28). The lowest BCUT2D eigenvalue weighted by atomic mass is 10.1. The van der Waals surface area contributed by atoms with Gasteiger partial charge in [0.25, 0.3) is 15.9 Å². The van der Waals surface area contributed by atoms with Crippen molar-refractivity contribution in [2.45, 2.75) is 24.0 Å². The number of hydrogen-bond donors (Lipinski definition) is 1. The van der Waals surface area contributed by atoms with E-state index < -0.39 is 28.1 Å². The maximum absolute atomic E-state index is 13.4. The molecule has 2 atom stereocenters. The Bertz CT molecular complexity index is 1230. The average molecular weight is 475 g/mol. The van der Waals surface area contributed by atoms with Crippen molar-refractivity contribution in [3.63, 3.8) is 0 Å². The van der Waals surface area contributed by atoms with Crippen LogP contribution in [-0.2, 0) is 14.8 Å². The van der Waals surface area contributed by atoms with E-state index >= 15 is 0 Å². The van der Waals surface area contributed by atoms with E-state index in [0.29, 0.717) is 16.3 Å². The smallest absolute Gasteiger partial charge is 0.264 e. The third kappa shape index (κ3) is 4.42. The molecule has 2 unspecified atom stereocenters. The summed E-state index contributed by atoms with van der Waals surface area (Å²) < 4.78 is 46.9. The normalized spacial score (nSPS) is 16.6. The summed E-state index contributed by atoms with van der Waals surface area (Å²) in [6, 6.07) is 17.8. The van der Waals surface area contributed by atoms with E-state index in [9.17, 15) is 17.6 Å². The fourth-order valence-electron chi connectivity index (χ4n) is 3.44. The van der Waals surface area contributed by atoms with Crippen LogP contribution in [-0.4, -0.2) is 27.0 Å². The number of benzene rings is 3. The van der Waals surface area contributed by atoms with Crippen LogP contribution in [0.2, 0.25) is 5.02 Å². The number of halogens is 2. The molecule has 1 aliphatic rings. The minimum Gasteiger partial charge on any atom is -0.476 e. The van der Waals surface area contributed by atoms with Crippen molar-refractivity contribution in [2.24, 2.45) is 0 Å². The first-order valence-corrected chi connectivity index (χ1v) is 11.7. The van der Waals surface area contributed by atoms with E-state index in [0.717, 1.165) is 0 Å². The lowest BCUT2D eigenvalue weighted by Gasteiger charge is -2.35. The Balaban J connectivity index is 1.61. The van der Waals surface area contributed by atoms with Crippen LogP contribution < -0.4 is 14.4 Å². The molecule has 32 heavy (non-hydrogen) atoms. The second kappa shape index (κ2) is 8.80. The fourth-order valence-corrected chi connectivity index (χ4v) is 5.04. The summed E-state index contributed by atoms with van der Waals surface area (Å²) in [5.41, 5.74) is 1.06. The van der Waals surface area contributed by atoms with Crippen molar-refractivity contribution < 1.29 is 22.3 Å². The molecule has 0 fully saturated rings. The van der Waals surface area contributed by atoms with Crippen molar-refractivity contribution >= 4 is 33.2 Å². The van der Waals surface area contributed by atoms with Gasteiger partial charge in [-0.2, -0.15) is 0 Å². The lowest BCUT2D eigenvalue weighted by molar-refractivity contribution is -0.128. The number of ether oxygens (including phenoxy) is 1. The van der Waals surface area contributed by atoms with Gasteiger partial charge in [0, 0.05) is 5.02 Å². The highest BCUT2D eigenvalue weighted by molar-refractivity contribution is 7.92. The molecular weight excluding hydrogens is 455 g/mol. The van der Waals surface area contributed by atoms with Gasteiger partial charge in [0.1, 0.15) is 11.6 Å². The maximum Gasteiger partial charge on any atom is 0.264 e. The number of nitrogens with one attached hydrogen (secondary N) is 1. The van der Waals surface area contributed by atoms with Crippen molar-refractivity contribution in [3.05, 3.63) is 89.2 Å². The minimum atomic E-state index is -3.97. The van der Waals surface area contributed by atoms with Gasteiger partial charge < -0.3 is 10.1 Å². The first kappa shape index (κ1) is 22.1. The van der Waals surface area contributed by atoms with E-state index in [4.69, 9.17) is 16.3 Å². The van der Waals surface area contributed by atoms with E-state index in [1.807, 2.05) is 0 Å². The quantitative estimate of drug-likeness (QED) is 0.597. The summed E-state index contributed by atoms with van der Waals surface area (Å²) in [6.07, 6.45) is -1.07. The number of amides is 1. The van der Waals surface area contributed by atoms with Crippen LogP contribution in [0.15, 0.2) is 77.7 Å². The highest BCUT2D eigenvalue weighted by Gasteiger charge is 2.37. The number of anilines is 1. The third-order valence-electron chi connectivity index (χ3n) is 5.16.